The molecule has 0 amide bonds. The summed E-state index contributed by atoms with van der Waals surface area (Å²) in [4.78, 5) is 0. The van der Waals surface area contributed by atoms with E-state index in [1.54, 1.807) is 0 Å². The summed E-state index contributed by atoms with van der Waals surface area (Å²) in [5, 5.41) is 38.7. The lowest BCUT2D eigenvalue weighted by Crippen LogP contribution is -2.39. The van der Waals surface area contributed by atoms with Gasteiger partial charge in [0, 0.05) is 24.7 Å². The molecule has 2 saturated carbocycles. The minimum atomic E-state index is -1.58. The van der Waals surface area contributed by atoms with Crippen molar-refractivity contribution in [1.82, 2.24) is 0 Å². The Morgan fingerprint density at radius 3 is 1.47 bits per heavy atom. The highest BCUT2D eigenvalue weighted by Crippen LogP contribution is 2.44. The molecule has 0 saturated heterocycles. The first-order valence-corrected chi connectivity index (χ1v) is 5.81. The first-order valence-electron chi connectivity index (χ1n) is 5.81. The van der Waals surface area contributed by atoms with Crippen molar-refractivity contribution in [2.45, 2.75) is 56.5 Å². The fourth-order valence-electron chi connectivity index (χ4n) is 3.04. The molecule has 4 nitrogen and oxygen atoms in total. The molecule has 2 unspecified atom stereocenters. The van der Waals surface area contributed by atoms with Crippen molar-refractivity contribution in [3.05, 3.63) is 0 Å². The van der Waals surface area contributed by atoms with E-state index in [1.165, 1.54) is 0 Å². The summed E-state index contributed by atoms with van der Waals surface area (Å²) < 4.78 is 0. The van der Waals surface area contributed by atoms with Gasteiger partial charge in [-0.2, -0.15) is 0 Å². The minimum absolute atomic E-state index is 0.195. The molecule has 15 heavy (non-hydrogen) atoms. The molecule has 0 heterocycles. The average molecular weight is 216 g/mol. The number of hydrogen-bond donors (Lipinski definition) is 4. The van der Waals surface area contributed by atoms with Gasteiger partial charge < -0.3 is 20.4 Å². The molecule has 0 aromatic carbocycles. The van der Waals surface area contributed by atoms with Gasteiger partial charge in [0.05, 0.1) is 0 Å². The zero-order valence-corrected chi connectivity index (χ0v) is 8.89. The topological polar surface area (TPSA) is 80.9 Å². The molecular formula is C11H20O4. The Kier molecular flexibility index (Phi) is 2.79. The van der Waals surface area contributed by atoms with E-state index in [-0.39, 0.29) is 11.8 Å². The van der Waals surface area contributed by atoms with Crippen molar-refractivity contribution in [3.63, 3.8) is 0 Å². The number of hydrogen-bond acceptors (Lipinski definition) is 4. The quantitative estimate of drug-likeness (QED) is 0.502. The van der Waals surface area contributed by atoms with Crippen LogP contribution in [0.15, 0.2) is 0 Å². The number of aliphatic hydroxyl groups is 4. The van der Waals surface area contributed by atoms with E-state index in [0.717, 1.165) is 25.7 Å². The lowest BCUT2D eigenvalue weighted by molar-refractivity contribution is -0.214. The maximum atomic E-state index is 9.68. The molecule has 2 rings (SSSR count). The fourth-order valence-corrected chi connectivity index (χ4v) is 3.04. The third-order valence-electron chi connectivity index (χ3n) is 4.07. The third-order valence-corrected chi connectivity index (χ3v) is 4.07. The van der Waals surface area contributed by atoms with Crippen LogP contribution in [0.4, 0.5) is 0 Å². The summed E-state index contributed by atoms with van der Waals surface area (Å²) in [6.07, 6.45) is 4.52. The summed E-state index contributed by atoms with van der Waals surface area (Å²) in [6.45, 7) is 0. The van der Waals surface area contributed by atoms with Crippen LogP contribution in [0.2, 0.25) is 0 Å². The van der Waals surface area contributed by atoms with Crippen LogP contribution in [0.25, 0.3) is 0 Å². The van der Waals surface area contributed by atoms with Crippen LogP contribution in [0, 0.1) is 11.8 Å². The number of rotatable bonds is 2. The molecule has 0 bridgehead atoms. The van der Waals surface area contributed by atoms with Crippen molar-refractivity contribution in [2.24, 2.45) is 11.8 Å². The molecule has 0 aromatic heterocycles. The van der Waals surface area contributed by atoms with E-state index in [2.05, 4.69) is 0 Å². The van der Waals surface area contributed by atoms with Crippen molar-refractivity contribution in [2.75, 3.05) is 0 Å². The van der Waals surface area contributed by atoms with Gasteiger partial charge in [0.1, 0.15) is 0 Å². The van der Waals surface area contributed by atoms with Crippen LogP contribution in [-0.2, 0) is 0 Å². The highest BCUT2D eigenvalue weighted by molar-refractivity contribution is 4.90. The highest BCUT2D eigenvalue weighted by Gasteiger charge is 2.46. The van der Waals surface area contributed by atoms with Gasteiger partial charge >= 0.3 is 0 Å². The molecule has 0 radical (unpaired) electrons. The molecule has 4 heteroatoms. The molecule has 0 aliphatic heterocycles. The highest BCUT2D eigenvalue weighted by atomic mass is 16.5. The predicted octanol–water partition coefficient (Wildman–Crippen LogP) is 0.338. The van der Waals surface area contributed by atoms with Crippen molar-refractivity contribution < 1.29 is 20.4 Å². The smallest absolute Gasteiger partial charge is 0.165 e. The molecule has 2 aliphatic carbocycles. The zero-order chi connectivity index (χ0) is 11.1. The van der Waals surface area contributed by atoms with E-state index < -0.39 is 11.6 Å². The zero-order valence-electron chi connectivity index (χ0n) is 8.89. The largest absolute Gasteiger partial charge is 0.365 e. The Morgan fingerprint density at radius 1 is 0.800 bits per heavy atom. The standard InChI is InChI=1S/C11H20O4/c12-10(13)5-1-3-8(10)7-9-4-2-6-11(9,14)15/h8-9,12-15H,1-7H2. The maximum absolute atomic E-state index is 9.68. The molecule has 2 aliphatic rings. The molecule has 0 aromatic rings. The van der Waals surface area contributed by atoms with Crippen molar-refractivity contribution in [3.8, 4) is 0 Å². The van der Waals surface area contributed by atoms with Gasteiger partial charge in [0.2, 0.25) is 0 Å². The van der Waals surface area contributed by atoms with E-state index in [9.17, 15) is 20.4 Å². The molecule has 2 fully saturated rings. The van der Waals surface area contributed by atoms with Gasteiger partial charge in [-0.05, 0) is 32.1 Å². The van der Waals surface area contributed by atoms with Crippen LogP contribution in [0.1, 0.15) is 44.9 Å². The third kappa shape index (κ3) is 2.18. The Balaban J connectivity index is 1.97. The summed E-state index contributed by atoms with van der Waals surface area (Å²) in [7, 11) is 0. The van der Waals surface area contributed by atoms with E-state index in [1.807, 2.05) is 0 Å². The van der Waals surface area contributed by atoms with Gasteiger partial charge in [-0.3, -0.25) is 0 Å². The SMILES string of the molecule is OC1(O)CCCC1CC1CCCC1(O)O. The van der Waals surface area contributed by atoms with Gasteiger partial charge in [0.25, 0.3) is 0 Å². The van der Waals surface area contributed by atoms with Gasteiger partial charge in [-0.25, -0.2) is 0 Å². The molecule has 4 N–H and O–H groups in total. The fraction of sp³-hybridized carbons (Fsp3) is 1.00. The molecule has 2 atom stereocenters. The predicted molar refractivity (Wildman–Crippen MR) is 53.6 cm³/mol. The second kappa shape index (κ2) is 3.70. The molecule has 88 valence electrons. The summed E-state index contributed by atoms with van der Waals surface area (Å²) >= 11 is 0. The van der Waals surface area contributed by atoms with Crippen LogP contribution >= 0.6 is 0 Å². The normalized spacial score (nSPS) is 38.4. The average Bonchev–Trinajstić information content (AvgIpc) is 2.58. The monoisotopic (exact) mass is 216 g/mol. The van der Waals surface area contributed by atoms with Gasteiger partial charge in [-0.15, -0.1) is 0 Å². The second-order valence-corrected chi connectivity index (χ2v) is 5.17. The van der Waals surface area contributed by atoms with Crippen LogP contribution in [-0.4, -0.2) is 32.0 Å². The van der Waals surface area contributed by atoms with Gasteiger partial charge in [0.15, 0.2) is 11.6 Å². The van der Waals surface area contributed by atoms with Crippen LogP contribution in [0.5, 0.6) is 0 Å². The Labute approximate surface area is 89.6 Å². The van der Waals surface area contributed by atoms with Crippen molar-refractivity contribution >= 4 is 0 Å². The van der Waals surface area contributed by atoms with E-state index >= 15 is 0 Å². The summed E-state index contributed by atoms with van der Waals surface area (Å²) in [5.41, 5.74) is 0. The molecular weight excluding hydrogens is 196 g/mol. The summed E-state index contributed by atoms with van der Waals surface area (Å²) in [6, 6.07) is 0. The van der Waals surface area contributed by atoms with Crippen molar-refractivity contribution in [1.29, 1.82) is 0 Å². The summed E-state index contributed by atoms with van der Waals surface area (Å²) in [5.74, 6) is -3.56. The molecule has 0 spiro atoms. The Bertz CT molecular complexity index is 213. The van der Waals surface area contributed by atoms with E-state index in [0.29, 0.717) is 19.3 Å². The minimum Gasteiger partial charge on any atom is -0.365 e. The lowest BCUT2D eigenvalue weighted by Gasteiger charge is -2.30. The van der Waals surface area contributed by atoms with Crippen LogP contribution in [0.3, 0.4) is 0 Å². The lowest BCUT2D eigenvalue weighted by atomic mass is 9.86. The first kappa shape index (κ1) is 11.3. The Hall–Kier alpha value is -0.160. The Morgan fingerprint density at radius 2 is 1.20 bits per heavy atom. The van der Waals surface area contributed by atoms with Gasteiger partial charge in [-0.1, -0.05) is 0 Å². The maximum Gasteiger partial charge on any atom is 0.165 e. The first-order chi connectivity index (χ1) is 6.92. The van der Waals surface area contributed by atoms with E-state index in [4.69, 9.17) is 0 Å². The second-order valence-electron chi connectivity index (χ2n) is 5.17. The van der Waals surface area contributed by atoms with Crippen LogP contribution < -0.4 is 0 Å².